The van der Waals surface area contributed by atoms with Crippen LogP contribution in [-0.4, -0.2) is 117 Å². The smallest absolute Gasteiger partial charge is 0.461 e. The molecule has 0 amide bonds. The molecule has 1 aromatic rings. The van der Waals surface area contributed by atoms with E-state index >= 15 is 0 Å². The van der Waals surface area contributed by atoms with Crippen molar-refractivity contribution in [3.63, 3.8) is 0 Å². The van der Waals surface area contributed by atoms with Gasteiger partial charge in [0, 0.05) is 12.3 Å². The molecule has 2 heterocycles. The summed E-state index contributed by atoms with van der Waals surface area (Å²) in [5.74, 6) is -1.84. The maximum atomic E-state index is 12.5. The van der Waals surface area contributed by atoms with Crippen molar-refractivity contribution in [1.29, 1.82) is 0 Å². The van der Waals surface area contributed by atoms with Crippen molar-refractivity contribution in [3.05, 3.63) is 33.1 Å². The quantitative estimate of drug-likeness (QED) is 0.0810. The number of nitrogens with one attached hydrogen (secondary N) is 1. The first-order valence-corrected chi connectivity index (χ1v) is 12.9. The third-order valence-corrected chi connectivity index (χ3v) is 6.95. The molecule has 9 atom stereocenters. The molecule has 0 spiro atoms. The summed E-state index contributed by atoms with van der Waals surface area (Å²) in [5.41, 5.74) is -1.81. The lowest BCUT2D eigenvalue weighted by atomic mass is 10.0. The van der Waals surface area contributed by atoms with E-state index in [4.69, 9.17) is 24.4 Å². The fourth-order valence-electron chi connectivity index (χ4n) is 3.03. The van der Waals surface area contributed by atoms with Crippen molar-refractivity contribution < 1.29 is 77.6 Å². The number of esters is 1. The number of aromatic amines is 1. The zero-order valence-electron chi connectivity index (χ0n) is 18.2. The van der Waals surface area contributed by atoms with Crippen LogP contribution in [0.25, 0.3) is 0 Å². The van der Waals surface area contributed by atoms with Crippen LogP contribution in [0.3, 0.4) is 0 Å². The van der Waals surface area contributed by atoms with Gasteiger partial charge in [-0.25, -0.2) is 18.7 Å². The van der Waals surface area contributed by atoms with E-state index in [2.05, 4.69) is 8.83 Å². The molecule has 22 heteroatoms. The number of aliphatic hydroxyl groups excluding tert-OH is 6. The minimum Gasteiger partial charge on any atom is -0.461 e. The molecule has 0 aliphatic carbocycles. The van der Waals surface area contributed by atoms with Gasteiger partial charge in [0.1, 0.15) is 43.2 Å². The van der Waals surface area contributed by atoms with Crippen molar-refractivity contribution >= 4 is 21.6 Å². The lowest BCUT2D eigenvalue weighted by molar-refractivity contribution is -0.173. The van der Waals surface area contributed by atoms with Gasteiger partial charge < -0.3 is 54.8 Å². The molecule has 2 rings (SSSR count). The summed E-state index contributed by atoms with van der Waals surface area (Å²) in [6.07, 6.45) is -15.9. The molecule has 1 aliphatic rings. The first kappa shape index (κ1) is 31.3. The molecule has 0 saturated carbocycles. The number of carbonyl (C=O) groups is 1. The van der Waals surface area contributed by atoms with E-state index < -0.39 is 95.0 Å². The largest absolute Gasteiger partial charge is 0.482 e. The summed E-state index contributed by atoms with van der Waals surface area (Å²) in [6.45, 7) is -2.19. The van der Waals surface area contributed by atoms with Gasteiger partial charge in [0.15, 0.2) is 12.3 Å². The molecule has 0 radical (unpaired) electrons. The minimum atomic E-state index is -5.85. The molecule has 212 valence electrons. The normalized spacial score (nSPS) is 27.2. The van der Waals surface area contributed by atoms with Crippen LogP contribution < -0.4 is 11.2 Å². The first-order valence-electron chi connectivity index (χ1n) is 9.90. The van der Waals surface area contributed by atoms with Crippen LogP contribution >= 0.6 is 15.6 Å². The Morgan fingerprint density at radius 3 is 2.27 bits per heavy atom. The highest BCUT2D eigenvalue weighted by Gasteiger charge is 2.47. The first-order chi connectivity index (χ1) is 17.0. The average Bonchev–Trinajstić information content (AvgIpc) is 3.06. The van der Waals surface area contributed by atoms with E-state index in [-0.39, 0.29) is 0 Å². The Balaban J connectivity index is 2.20. The number of aliphatic hydroxyl groups is 6. The maximum Gasteiger partial charge on any atom is 0.482 e. The molecule has 1 aliphatic heterocycles. The highest BCUT2D eigenvalue weighted by atomic mass is 31.3. The monoisotopic (exact) mass is 582 g/mol. The molecule has 1 fully saturated rings. The lowest BCUT2D eigenvalue weighted by Gasteiger charge is -2.28. The maximum absolute atomic E-state index is 12.5. The molecule has 1 unspecified atom stereocenters. The van der Waals surface area contributed by atoms with Crippen molar-refractivity contribution in [2.75, 3.05) is 13.2 Å². The molecular formula is C15H24N2O18P2. The van der Waals surface area contributed by atoms with Gasteiger partial charge in [-0.2, -0.15) is 4.31 Å². The zero-order chi connectivity index (χ0) is 28.3. The fraction of sp³-hybridized carbons (Fsp3) is 0.667. The van der Waals surface area contributed by atoms with Crippen LogP contribution in [0.15, 0.2) is 21.9 Å². The van der Waals surface area contributed by atoms with Crippen molar-refractivity contribution in [1.82, 2.24) is 9.55 Å². The van der Waals surface area contributed by atoms with Crippen LogP contribution in [-0.2, 0) is 32.2 Å². The summed E-state index contributed by atoms with van der Waals surface area (Å²) >= 11 is 0. The van der Waals surface area contributed by atoms with Crippen LogP contribution in [0.4, 0.5) is 0 Å². The second kappa shape index (κ2) is 12.3. The molecule has 0 bridgehead atoms. The predicted molar refractivity (Wildman–Crippen MR) is 111 cm³/mol. The van der Waals surface area contributed by atoms with Gasteiger partial charge in [0.2, 0.25) is 0 Å². The number of carbonyl (C=O) groups excluding carboxylic acids is 1. The summed E-state index contributed by atoms with van der Waals surface area (Å²) in [5, 5.41) is 58.7. The highest BCUT2D eigenvalue weighted by molar-refractivity contribution is 7.60. The highest BCUT2D eigenvalue weighted by Crippen LogP contribution is 2.58. The van der Waals surface area contributed by atoms with E-state index in [1.54, 1.807) is 0 Å². The van der Waals surface area contributed by atoms with E-state index in [1.807, 2.05) is 4.98 Å². The summed E-state index contributed by atoms with van der Waals surface area (Å²) in [4.78, 5) is 64.4. The predicted octanol–water partition coefficient (Wildman–Crippen LogP) is -5.63. The third-order valence-electron chi connectivity index (χ3n) is 4.78. The molecule has 10 N–H and O–H groups in total. The molecule has 1 saturated heterocycles. The lowest BCUT2D eigenvalue weighted by Crippen LogP contribution is -2.50. The van der Waals surface area contributed by atoms with Crippen molar-refractivity contribution in [3.8, 4) is 0 Å². The second-order valence-corrected chi connectivity index (χ2v) is 10.3. The summed E-state index contributed by atoms with van der Waals surface area (Å²) in [7, 11) is -11.6. The van der Waals surface area contributed by atoms with Gasteiger partial charge in [0.25, 0.3) is 5.56 Å². The van der Waals surface area contributed by atoms with Gasteiger partial charge in [-0.1, -0.05) is 0 Å². The number of rotatable bonds is 12. The number of H-pyrrole nitrogens is 1. The van der Waals surface area contributed by atoms with E-state index in [0.29, 0.717) is 4.57 Å². The zero-order valence-corrected chi connectivity index (χ0v) is 20.0. The Morgan fingerprint density at radius 1 is 1.11 bits per heavy atom. The van der Waals surface area contributed by atoms with E-state index in [1.165, 1.54) is 0 Å². The van der Waals surface area contributed by atoms with Gasteiger partial charge in [-0.15, -0.1) is 0 Å². The average molecular weight is 582 g/mol. The van der Waals surface area contributed by atoms with Gasteiger partial charge >= 0.3 is 27.3 Å². The topological polar surface area (TPSA) is 325 Å². The standard InChI is InChI=1S/C15H24N2O18P2/c18-3-5(19)8(21)10(23)12(34-37(30,31)35-36(27,28)29)14(25)32-4-6-9(22)11(24)13(33-6)17-2-1-7(20)16-15(17)26/h1-2,5-6,8-13,18-19,21-24H,3-4H2,(H,30,31)(H,16,20,26)(H2,27,28,29)/t5-,6-,8-,9-,10+,11-,12-,13-/m1/s1. The number of phosphoric ester groups is 1. The Morgan fingerprint density at radius 2 is 1.73 bits per heavy atom. The van der Waals surface area contributed by atoms with Crippen LogP contribution in [0, 0.1) is 0 Å². The van der Waals surface area contributed by atoms with Crippen molar-refractivity contribution in [2.45, 2.75) is 49.0 Å². The fourth-order valence-corrected chi connectivity index (χ4v) is 4.75. The summed E-state index contributed by atoms with van der Waals surface area (Å²) in [6, 6.07) is 0.902. The SMILES string of the molecule is O=C(OC[C@H]1O[C@@H](n2ccc(=O)[nH]c2=O)[C@H](O)[C@@H]1O)[C@H](OP(=O)(O)OP(=O)(O)O)[C@@H](O)[C@H](O)[C@H](O)CO. The molecular weight excluding hydrogens is 558 g/mol. The van der Waals surface area contributed by atoms with Crippen LogP contribution in [0.2, 0.25) is 0 Å². The number of phosphoric acid groups is 2. The molecule has 0 aromatic carbocycles. The number of aromatic nitrogens is 2. The minimum absolute atomic E-state index is 0.695. The molecule has 1 aromatic heterocycles. The van der Waals surface area contributed by atoms with Crippen molar-refractivity contribution in [2.24, 2.45) is 0 Å². The van der Waals surface area contributed by atoms with Crippen LogP contribution in [0.5, 0.6) is 0 Å². The Bertz CT molecular complexity index is 1150. The van der Waals surface area contributed by atoms with Gasteiger partial charge in [-0.05, 0) is 0 Å². The van der Waals surface area contributed by atoms with E-state index in [0.717, 1.165) is 12.3 Å². The van der Waals surface area contributed by atoms with Crippen LogP contribution in [0.1, 0.15) is 6.23 Å². The van der Waals surface area contributed by atoms with Gasteiger partial charge in [0.05, 0.1) is 6.61 Å². The third kappa shape index (κ3) is 8.31. The van der Waals surface area contributed by atoms with E-state index in [9.17, 15) is 53.9 Å². The second-order valence-electron chi connectivity index (χ2n) is 7.49. The number of nitrogens with zero attached hydrogens (tertiary/aromatic N) is 1. The number of hydrogen-bond acceptors (Lipinski definition) is 15. The summed E-state index contributed by atoms with van der Waals surface area (Å²) < 4.78 is 41.1. The molecule has 20 nitrogen and oxygen atoms in total. The Kier molecular flexibility index (Phi) is 10.4. The molecule has 37 heavy (non-hydrogen) atoms. The number of hydrogen-bond donors (Lipinski definition) is 10. The Labute approximate surface area is 204 Å². The number of ether oxygens (including phenoxy) is 2. The van der Waals surface area contributed by atoms with Gasteiger partial charge in [-0.3, -0.25) is 18.9 Å². The Hall–Kier alpha value is -1.87.